The summed E-state index contributed by atoms with van der Waals surface area (Å²) in [5.74, 6) is 0. The molecule has 7 heteroatoms. The van der Waals surface area contributed by atoms with Gasteiger partial charge in [-0.1, -0.05) is 4.39 Å². The van der Waals surface area contributed by atoms with Gasteiger partial charge in [-0.25, -0.2) is 0 Å². The number of hydrogen-bond acceptors (Lipinski definition) is 4. The Morgan fingerprint density at radius 2 is 1.82 bits per heavy atom. The predicted molar refractivity (Wildman–Crippen MR) is 34.3 cm³/mol. The van der Waals surface area contributed by atoms with E-state index in [1.165, 1.54) is 25.9 Å². The predicted octanol–water partition coefficient (Wildman–Crippen LogP) is -2.87. The van der Waals surface area contributed by atoms with Gasteiger partial charge in [0, 0.05) is 0 Å². The van der Waals surface area contributed by atoms with Crippen molar-refractivity contribution in [1.82, 2.24) is 4.90 Å². The fourth-order valence-electron chi connectivity index (χ4n) is 0.311. The van der Waals surface area contributed by atoms with Gasteiger partial charge < -0.3 is 0 Å². The second kappa shape index (κ2) is 5.12. The molecule has 0 aromatic rings. The van der Waals surface area contributed by atoms with Gasteiger partial charge >= 0.3 is 29.0 Å². The molecule has 4 nitrogen and oxygen atoms in total. The van der Waals surface area contributed by atoms with E-state index in [0.29, 0.717) is 0 Å². The van der Waals surface area contributed by atoms with E-state index in [1.54, 1.807) is 0 Å². The molecule has 0 aliphatic rings. The van der Waals surface area contributed by atoms with Gasteiger partial charge in [0.05, 0.1) is 0 Å². The summed E-state index contributed by atoms with van der Waals surface area (Å²) >= 11 is 0. The summed E-state index contributed by atoms with van der Waals surface area (Å²) in [6.45, 7) is 1.33. The van der Waals surface area contributed by atoms with Crippen molar-refractivity contribution in [3.8, 4) is 0 Å². The van der Waals surface area contributed by atoms with Crippen LogP contribution in [0.4, 0.5) is 4.53 Å². The van der Waals surface area contributed by atoms with Crippen molar-refractivity contribution < 1.29 is 36.2 Å². The van der Waals surface area contributed by atoms with Crippen LogP contribution in [-0.4, -0.2) is 32.8 Å². The van der Waals surface area contributed by atoms with Crippen molar-refractivity contribution >= 4 is 10.1 Å². The molecule has 1 unspecified atom stereocenters. The van der Waals surface area contributed by atoms with Crippen molar-refractivity contribution in [1.29, 1.82) is 0 Å². The van der Waals surface area contributed by atoms with Crippen molar-refractivity contribution in [3.63, 3.8) is 0 Å². The quantitative estimate of drug-likeness (QED) is 0.436. The standard InChI is InChI=1S/C4H10FNO3S.Li/c1-4(6(2)3)10(7,8)9-5;/h4H,1-3H3;/q;+1. The first-order valence-electron chi connectivity index (χ1n) is 2.62. The monoisotopic (exact) mass is 178 g/mol. The third-order valence-corrected chi connectivity index (χ3v) is 2.67. The maximum Gasteiger partial charge on any atom is 1.00 e. The minimum Gasteiger partial charge on any atom is -0.292 e. The molecule has 0 aromatic heterocycles. The summed E-state index contributed by atoms with van der Waals surface area (Å²) in [5.41, 5.74) is 0. The van der Waals surface area contributed by atoms with Crippen LogP contribution < -0.4 is 18.9 Å². The zero-order valence-electron chi connectivity index (χ0n) is 7.04. The number of rotatable bonds is 3. The van der Waals surface area contributed by atoms with Crippen LogP contribution >= 0.6 is 0 Å². The smallest absolute Gasteiger partial charge is 0.292 e. The van der Waals surface area contributed by atoms with Gasteiger partial charge in [0.1, 0.15) is 5.37 Å². The van der Waals surface area contributed by atoms with Gasteiger partial charge in [-0.05, 0) is 25.5 Å². The van der Waals surface area contributed by atoms with E-state index in [9.17, 15) is 12.9 Å². The first-order chi connectivity index (χ1) is 4.41. The Balaban J connectivity index is 0. The van der Waals surface area contributed by atoms with Gasteiger partial charge in [-0.15, -0.1) is 0 Å². The minimum atomic E-state index is -4.04. The topological polar surface area (TPSA) is 46.6 Å². The van der Waals surface area contributed by atoms with Crippen LogP contribution in [0.3, 0.4) is 0 Å². The number of hydrogen-bond donors (Lipinski definition) is 0. The molecule has 0 N–H and O–H groups in total. The molecule has 0 fully saturated rings. The summed E-state index contributed by atoms with van der Waals surface area (Å²) in [5, 5.41) is -0.961. The molecular weight excluding hydrogens is 168 g/mol. The maximum atomic E-state index is 11.3. The zero-order valence-corrected chi connectivity index (χ0v) is 7.85. The second-order valence-corrected chi connectivity index (χ2v) is 3.91. The van der Waals surface area contributed by atoms with Crippen LogP contribution in [0.15, 0.2) is 0 Å². The molecule has 0 aliphatic carbocycles. The normalized spacial score (nSPS) is 14.3. The largest absolute Gasteiger partial charge is 1.00 e. The molecule has 0 rings (SSSR count). The molecule has 0 aromatic carbocycles. The van der Waals surface area contributed by atoms with Crippen molar-refractivity contribution in [3.05, 3.63) is 0 Å². The SMILES string of the molecule is CC(N(C)C)S(=O)(=O)OF.[Li+]. The fourth-order valence-corrected chi connectivity index (χ4v) is 0.933. The third-order valence-electron chi connectivity index (χ3n) is 1.23. The zero-order chi connectivity index (χ0) is 8.36. The van der Waals surface area contributed by atoms with Crippen LogP contribution in [0.5, 0.6) is 0 Å². The Hall–Kier alpha value is 0.397. The van der Waals surface area contributed by atoms with Crippen LogP contribution in [0.2, 0.25) is 0 Å². The average Bonchev–Trinajstić information content (AvgIpc) is 1.86. The minimum absolute atomic E-state index is 0. The molecule has 11 heavy (non-hydrogen) atoms. The molecule has 0 radical (unpaired) electrons. The fraction of sp³-hybridized carbons (Fsp3) is 1.00. The van der Waals surface area contributed by atoms with Gasteiger partial charge in [0.25, 0.3) is 0 Å². The van der Waals surface area contributed by atoms with Crippen LogP contribution in [-0.2, 0) is 14.5 Å². The Bertz CT molecular complexity index is 194. The van der Waals surface area contributed by atoms with E-state index in [2.05, 4.69) is 4.39 Å². The van der Waals surface area contributed by atoms with Gasteiger partial charge in [-0.2, -0.15) is 8.42 Å². The molecule has 0 bridgehead atoms. The summed E-state index contributed by atoms with van der Waals surface area (Å²) in [6.07, 6.45) is 0. The molecule has 0 aliphatic heterocycles. The summed E-state index contributed by atoms with van der Waals surface area (Å²) in [6, 6.07) is 0. The molecule has 0 saturated heterocycles. The third kappa shape index (κ3) is 4.08. The molecule has 0 spiro atoms. The first kappa shape index (κ1) is 14.0. The van der Waals surface area contributed by atoms with Gasteiger partial charge in [-0.3, -0.25) is 4.90 Å². The van der Waals surface area contributed by atoms with Crippen molar-refractivity contribution in [2.45, 2.75) is 12.3 Å². The maximum absolute atomic E-state index is 11.3. The molecule has 0 heterocycles. The van der Waals surface area contributed by atoms with Gasteiger partial charge in [0.2, 0.25) is 0 Å². The molecular formula is C4H10FLiNO3S+. The van der Waals surface area contributed by atoms with Crippen LogP contribution in [0.1, 0.15) is 6.92 Å². The van der Waals surface area contributed by atoms with Crippen LogP contribution in [0.25, 0.3) is 0 Å². The van der Waals surface area contributed by atoms with Crippen molar-refractivity contribution in [2.24, 2.45) is 0 Å². The van der Waals surface area contributed by atoms with E-state index in [1.807, 2.05) is 0 Å². The van der Waals surface area contributed by atoms with E-state index < -0.39 is 15.5 Å². The van der Waals surface area contributed by atoms with E-state index in [0.717, 1.165) is 0 Å². The van der Waals surface area contributed by atoms with E-state index >= 15 is 0 Å². The molecule has 0 amide bonds. The number of halogens is 1. The number of nitrogens with zero attached hydrogens (tertiary/aromatic N) is 1. The molecule has 62 valence electrons. The molecule has 1 atom stereocenters. The Labute approximate surface area is 77.9 Å². The van der Waals surface area contributed by atoms with E-state index in [-0.39, 0.29) is 18.9 Å². The summed E-state index contributed by atoms with van der Waals surface area (Å²) in [4.78, 5) is 1.33. The summed E-state index contributed by atoms with van der Waals surface area (Å²) < 4.78 is 35.1. The molecule has 0 saturated carbocycles. The van der Waals surface area contributed by atoms with Crippen LogP contribution in [0, 0.1) is 0 Å². The Morgan fingerprint density at radius 3 is 1.91 bits per heavy atom. The van der Waals surface area contributed by atoms with Gasteiger partial charge in [0.15, 0.2) is 0 Å². The van der Waals surface area contributed by atoms with Crippen molar-refractivity contribution in [2.75, 3.05) is 14.1 Å². The second-order valence-electron chi connectivity index (χ2n) is 2.12. The Kier molecular flexibility index (Phi) is 6.49. The summed E-state index contributed by atoms with van der Waals surface area (Å²) in [7, 11) is -1.01. The first-order valence-corrected chi connectivity index (χ1v) is 4.09. The Morgan fingerprint density at radius 1 is 1.45 bits per heavy atom. The van der Waals surface area contributed by atoms with E-state index in [4.69, 9.17) is 0 Å². The average molecular weight is 178 g/mol.